The van der Waals surface area contributed by atoms with Crippen LogP contribution in [0.4, 0.5) is 39.5 Å². The first-order valence-electron chi connectivity index (χ1n) is 16.9. The van der Waals surface area contributed by atoms with Gasteiger partial charge in [-0.25, -0.2) is 19.2 Å². The molecule has 19 nitrogen and oxygen atoms in total. The molecule has 0 saturated carbocycles. The number of alkyl halides is 9. The molecule has 4 amide bonds. The minimum atomic E-state index is -5.08. The van der Waals surface area contributed by atoms with Gasteiger partial charge in [0.25, 0.3) is 0 Å². The van der Waals surface area contributed by atoms with Crippen molar-refractivity contribution >= 4 is 47.5 Å². The molecule has 1 aromatic carbocycles. The van der Waals surface area contributed by atoms with Gasteiger partial charge in [-0.2, -0.15) is 39.5 Å². The van der Waals surface area contributed by atoms with Gasteiger partial charge in [-0.3, -0.25) is 19.2 Å². The van der Waals surface area contributed by atoms with Crippen molar-refractivity contribution in [2.45, 2.75) is 100 Å². The summed E-state index contributed by atoms with van der Waals surface area (Å²) in [6.45, 7) is 0.848. The first-order chi connectivity index (χ1) is 27.4. The lowest BCUT2D eigenvalue weighted by Crippen LogP contribution is -2.57. The molecule has 1 aromatic rings. The molecule has 0 unspecified atom stereocenters. The fourth-order valence-electron chi connectivity index (χ4n) is 3.83. The number of carbonyl (C=O) groups excluding carboxylic acids is 4. The largest absolute Gasteiger partial charge is 0.490 e. The van der Waals surface area contributed by atoms with Crippen LogP contribution in [0.25, 0.3) is 0 Å². The van der Waals surface area contributed by atoms with Crippen LogP contribution in [-0.2, 0) is 44.8 Å². The Bertz CT molecular complexity index is 1460. The zero-order valence-electron chi connectivity index (χ0n) is 31.2. The van der Waals surface area contributed by atoms with Gasteiger partial charge in [0.2, 0.25) is 23.6 Å². The third kappa shape index (κ3) is 30.3. The van der Waals surface area contributed by atoms with E-state index in [1.54, 1.807) is 30.3 Å². The van der Waals surface area contributed by atoms with Gasteiger partial charge in [0, 0.05) is 12.8 Å². The molecule has 0 aliphatic rings. The molecule has 60 heavy (non-hydrogen) atoms. The van der Waals surface area contributed by atoms with Crippen molar-refractivity contribution in [1.82, 2.24) is 16.0 Å². The molecule has 344 valence electrons. The SMILES string of the molecule is NCCCC[C@H](NC(=O)[C@H](Cc1ccccc1)NC(=O)[C@H](CCC(N)=O)NC(=O)[C@@H](N)CCCCN)C(=O)O.O=C(O)C(F)(F)F.O=C(O)C(F)(F)F.O=C(O)C(F)(F)F. The maximum Gasteiger partial charge on any atom is 0.490 e. The molecule has 0 radical (unpaired) electrons. The molecule has 0 spiro atoms. The quantitative estimate of drug-likeness (QED) is 0.0628. The number of primary amides is 1. The number of carboxylic acids is 4. The smallest absolute Gasteiger partial charge is 0.480 e. The van der Waals surface area contributed by atoms with Crippen LogP contribution in [0.5, 0.6) is 0 Å². The highest BCUT2D eigenvalue weighted by Crippen LogP contribution is 2.15. The van der Waals surface area contributed by atoms with Crippen LogP contribution in [0.2, 0.25) is 0 Å². The zero-order valence-corrected chi connectivity index (χ0v) is 31.2. The van der Waals surface area contributed by atoms with E-state index in [0.717, 1.165) is 0 Å². The number of halogens is 9. The number of benzene rings is 1. The Morgan fingerprint density at radius 2 is 0.917 bits per heavy atom. The summed E-state index contributed by atoms with van der Waals surface area (Å²) < 4.78 is 95.2. The van der Waals surface area contributed by atoms with Gasteiger partial charge in [0.05, 0.1) is 6.04 Å². The third-order valence-corrected chi connectivity index (χ3v) is 6.82. The Morgan fingerprint density at radius 3 is 1.28 bits per heavy atom. The number of unbranched alkanes of at least 4 members (excludes halogenated alkanes) is 2. The van der Waals surface area contributed by atoms with Crippen molar-refractivity contribution in [3.63, 3.8) is 0 Å². The summed E-state index contributed by atoms with van der Waals surface area (Å²) in [5.74, 6) is -12.2. The summed E-state index contributed by atoms with van der Waals surface area (Å²) in [6.07, 6.45) is -12.6. The highest BCUT2D eigenvalue weighted by atomic mass is 19.4. The van der Waals surface area contributed by atoms with Crippen LogP contribution >= 0.6 is 0 Å². The lowest BCUT2D eigenvalue weighted by Gasteiger charge is -2.25. The fourth-order valence-corrected chi connectivity index (χ4v) is 3.83. The lowest BCUT2D eigenvalue weighted by atomic mass is 10.0. The predicted molar refractivity (Wildman–Crippen MR) is 187 cm³/mol. The highest BCUT2D eigenvalue weighted by molar-refractivity contribution is 5.94. The predicted octanol–water partition coefficient (Wildman–Crippen LogP) is 0.519. The number of aliphatic carboxylic acids is 4. The van der Waals surface area contributed by atoms with E-state index < -0.39 is 90.2 Å². The Morgan fingerprint density at radius 1 is 0.550 bits per heavy atom. The molecular weight excluding hydrogens is 845 g/mol. The minimum absolute atomic E-state index is 0.0582. The van der Waals surface area contributed by atoms with Gasteiger partial charge in [-0.05, 0) is 57.2 Å². The van der Waals surface area contributed by atoms with E-state index in [2.05, 4.69) is 16.0 Å². The number of carbonyl (C=O) groups is 8. The number of amides is 4. The molecular formula is C32H46F9N7O12. The van der Waals surface area contributed by atoms with Crippen molar-refractivity contribution in [2.24, 2.45) is 22.9 Å². The Kier molecular flexibility index (Phi) is 28.7. The third-order valence-electron chi connectivity index (χ3n) is 6.82. The van der Waals surface area contributed by atoms with Crippen LogP contribution in [0.15, 0.2) is 30.3 Å². The summed E-state index contributed by atoms with van der Waals surface area (Å²) in [7, 11) is 0. The Balaban J connectivity index is -0.00000125. The first-order valence-corrected chi connectivity index (χ1v) is 16.9. The van der Waals surface area contributed by atoms with E-state index >= 15 is 0 Å². The number of nitrogens with two attached hydrogens (primary N) is 4. The molecule has 28 heteroatoms. The highest BCUT2D eigenvalue weighted by Gasteiger charge is 2.39. The molecule has 0 fully saturated rings. The van der Waals surface area contributed by atoms with Crippen LogP contribution in [-0.4, -0.2) is 124 Å². The van der Waals surface area contributed by atoms with Crippen LogP contribution in [0.3, 0.4) is 0 Å². The van der Waals surface area contributed by atoms with E-state index in [-0.39, 0.29) is 25.7 Å². The van der Waals surface area contributed by atoms with E-state index in [1.807, 2.05) is 0 Å². The standard InChI is InChI=1S/C26H43N7O6.3C2HF3O2/c27-14-6-4-10-18(29)23(35)31-19(12-13-22(30)34)24(36)33-21(16-17-8-2-1-3-9-17)25(37)32-20(26(38)39)11-5-7-15-28;3*3-2(4,5)1(6)7/h1-3,8-9,18-21H,4-7,10-16,27-29H2,(H2,30,34)(H,31,35)(H,32,37)(H,33,36)(H,38,39);3*(H,6,7)/t18-,19-,20-,21-;;;/m0.../s1. The van der Waals surface area contributed by atoms with E-state index in [4.69, 9.17) is 52.6 Å². The van der Waals surface area contributed by atoms with Crippen LogP contribution in [0.1, 0.15) is 56.9 Å². The zero-order chi connectivity index (χ0) is 47.4. The van der Waals surface area contributed by atoms with Crippen molar-refractivity contribution in [3.05, 3.63) is 35.9 Å². The second-order valence-electron chi connectivity index (χ2n) is 11.8. The maximum atomic E-state index is 13.3. The average molecular weight is 892 g/mol. The average Bonchev–Trinajstić information content (AvgIpc) is 3.12. The molecule has 0 aliphatic carbocycles. The van der Waals surface area contributed by atoms with E-state index in [9.17, 15) is 68.6 Å². The number of hydrogen-bond donors (Lipinski definition) is 11. The molecule has 0 bridgehead atoms. The van der Waals surface area contributed by atoms with Gasteiger partial charge in [-0.1, -0.05) is 36.8 Å². The van der Waals surface area contributed by atoms with Gasteiger partial charge in [0.1, 0.15) is 18.1 Å². The molecule has 0 aliphatic heterocycles. The number of nitrogens with one attached hydrogen (secondary N) is 3. The van der Waals surface area contributed by atoms with E-state index in [1.165, 1.54) is 0 Å². The van der Waals surface area contributed by atoms with Crippen molar-refractivity contribution in [3.8, 4) is 0 Å². The summed E-state index contributed by atoms with van der Waals surface area (Å²) in [5.41, 5.74) is 22.9. The van der Waals surface area contributed by atoms with Crippen LogP contribution in [0, 0.1) is 0 Å². The Hall–Kier alpha value is -5.77. The second-order valence-corrected chi connectivity index (χ2v) is 11.8. The molecule has 0 heterocycles. The van der Waals surface area contributed by atoms with Gasteiger partial charge >= 0.3 is 42.4 Å². The summed E-state index contributed by atoms with van der Waals surface area (Å²) in [4.78, 5) is 88.9. The molecule has 1 rings (SSSR count). The van der Waals surface area contributed by atoms with Crippen molar-refractivity contribution in [1.29, 1.82) is 0 Å². The van der Waals surface area contributed by atoms with Crippen molar-refractivity contribution < 1.29 is 98.3 Å². The van der Waals surface area contributed by atoms with Gasteiger partial charge < -0.3 is 59.3 Å². The van der Waals surface area contributed by atoms with Crippen LogP contribution < -0.4 is 38.9 Å². The monoisotopic (exact) mass is 891 g/mol. The first kappa shape index (κ1) is 58.5. The molecule has 0 saturated heterocycles. The summed E-state index contributed by atoms with van der Waals surface area (Å²) in [6, 6.07) is 4.41. The molecule has 15 N–H and O–H groups in total. The topological polar surface area (TPSA) is 358 Å². The molecule has 0 aromatic heterocycles. The van der Waals surface area contributed by atoms with Gasteiger partial charge in [-0.15, -0.1) is 0 Å². The normalized spacial score (nSPS) is 13.0. The Labute approximate surface area is 334 Å². The number of carboxylic acid groups (broad SMARTS) is 4. The van der Waals surface area contributed by atoms with E-state index in [0.29, 0.717) is 50.8 Å². The minimum Gasteiger partial charge on any atom is -0.480 e. The van der Waals surface area contributed by atoms with Crippen molar-refractivity contribution in [2.75, 3.05) is 13.1 Å². The summed E-state index contributed by atoms with van der Waals surface area (Å²) >= 11 is 0. The molecule has 4 atom stereocenters. The summed E-state index contributed by atoms with van der Waals surface area (Å²) in [5, 5.41) is 38.6. The maximum absolute atomic E-state index is 13.3. The number of hydrogen-bond acceptors (Lipinski definition) is 11. The van der Waals surface area contributed by atoms with Gasteiger partial charge in [0.15, 0.2) is 0 Å². The lowest BCUT2D eigenvalue weighted by molar-refractivity contribution is -0.193. The fraction of sp³-hybridized carbons (Fsp3) is 0.562. The number of rotatable bonds is 20. The second kappa shape index (κ2) is 29.4.